The van der Waals surface area contributed by atoms with Gasteiger partial charge in [0.05, 0.1) is 6.10 Å². The van der Waals surface area contributed by atoms with Crippen LogP contribution in [0.3, 0.4) is 0 Å². The lowest BCUT2D eigenvalue weighted by Gasteiger charge is -2.31. The van der Waals surface area contributed by atoms with Gasteiger partial charge in [-0.1, -0.05) is 55.8 Å². The molecule has 1 nitrogen and oxygen atoms in total. The average Bonchev–Trinajstić information content (AvgIpc) is 2.44. The lowest BCUT2D eigenvalue weighted by Crippen LogP contribution is -2.27. The van der Waals surface area contributed by atoms with E-state index >= 15 is 0 Å². The van der Waals surface area contributed by atoms with Crippen LogP contribution in [0.2, 0.25) is 10.0 Å². The fraction of sp³-hybridized carbons (Fsp3) is 0.647. The SMILES string of the molecule is CCCC1CCC(C(O)Cc2cc(Cl)ccc2Cl)CC1. The highest BCUT2D eigenvalue weighted by atomic mass is 35.5. The van der Waals surface area contributed by atoms with Gasteiger partial charge in [-0.2, -0.15) is 0 Å². The molecule has 112 valence electrons. The zero-order chi connectivity index (χ0) is 14.5. The Kier molecular flexibility index (Phi) is 6.20. The third-order valence-corrected chi connectivity index (χ3v) is 5.17. The van der Waals surface area contributed by atoms with E-state index in [2.05, 4.69) is 6.92 Å². The molecule has 0 aliphatic heterocycles. The molecule has 0 amide bonds. The number of halogens is 2. The average molecular weight is 315 g/mol. The smallest absolute Gasteiger partial charge is 0.0609 e. The predicted octanol–water partition coefficient (Wildman–Crippen LogP) is 5.50. The Morgan fingerprint density at radius 1 is 1.20 bits per heavy atom. The van der Waals surface area contributed by atoms with Crippen molar-refractivity contribution in [1.29, 1.82) is 0 Å². The fourth-order valence-electron chi connectivity index (χ4n) is 3.36. The maximum atomic E-state index is 10.5. The molecule has 0 aromatic heterocycles. The minimum atomic E-state index is -0.298. The second kappa shape index (κ2) is 7.68. The Balaban J connectivity index is 1.89. The summed E-state index contributed by atoms with van der Waals surface area (Å²) >= 11 is 12.2. The quantitative estimate of drug-likeness (QED) is 0.760. The highest BCUT2D eigenvalue weighted by Crippen LogP contribution is 2.34. The van der Waals surface area contributed by atoms with Crippen LogP contribution in [-0.4, -0.2) is 11.2 Å². The van der Waals surface area contributed by atoms with Crippen molar-refractivity contribution in [3.63, 3.8) is 0 Å². The third-order valence-electron chi connectivity index (χ3n) is 4.57. The molecule has 0 spiro atoms. The second-order valence-electron chi connectivity index (χ2n) is 6.08. The molecule has 1 aromatic rings. The molecule has 20 heavy (non-hydrogen) atoms. The van der Waals surface area contributed by atoms with Crippen molar-refractivity contribution in [1.82, 2.24) is 0 Å². The Morgan fingerprint density at radius 3 is 2.55 bits per heavy atom. The van der Waals surface area contributed by atoms with Crippen molar-refractivity contribution in [3.05, 3.63) is 33.8 Å². The highest BCUT2D eigenvalue weighted by Gasteiger charge is 2.26. The van der Waals surface area contributed by atoms with E-state index in [-0.39, 0.29) is 6.10 Å². The highest BCUT2D eigenvalue weighted by molar-refractivity contribution is 6.33. The van der Waals surface area contributed by atoms with Crippen molar-refractivity contribution >= 4 is 23.2 Å². The number of aliphatic hydroxyl groups is 1. The number of hydrogen-bond donors (Lipinski definition) is 1. The minimum Gasteiger partial charge on any atom is -0.392 e. The van der Waals surface area contributed by atoms with Crippen LogP contribution < -0.4 is 0 Å². The minimum absolute atomic E-state index is 0.298. The summed E-state index contributed by atoms with van der Waals surface area (Å²) in [5, 5.41) is 11.8. The van der Waals surface area contributed by atoms with E-state index in [1.807, 2.05) is 12.1 Å². The largest absolute Gasteiger partial charge is 0.392 e. The maximum Gasteiger partial charge on any atom is 0.0609 e. The van der Waals surface area contributed by atoms with Gasteiger partial charge in [-0.05, 0) is 48.4 Å². The first kappa shape index (κ1) is 16.1. The van der Waals surface area contributed by atoms with Gasteiger partial charge < -0.3 is 5.11 Å². The molecule has 0 radical (unpaired) electrons. The van der Waals surface area contributed by atoms with Gasteiger partial charge in [0.1, 0.15) is 0 Å². The summed E-state index contributed by atoms with van der Waals surface area (Å²) < 4.78 is 0. The summed E-state index contributed by atoms with van der Waals surface area (Å²) in [6, 6.07) is 5.47. The zero-order valence-corrected chi connectivity index (χ0v) is 13.6. The van der Waals surface area contributed by atoms with Crippen LogP contribution in [0.15, 0.2) is 18.2 Å². The molecule has 3 heteroatoms. The van der Waals surface area contributed by atoms with Crippen LogP contribution in [0, 0.1) is 11.8 Å². The van der Waals surface area contributed by atoms with E-state index in [4.69, 9.17) is 23.2 Å². The molecule has 0 saturated heterocycles. The standard InChI is InChI=1S/C17H24Cl2O/c1-2-3-12-4-6-13(7-5-12)17(20)11-14-10-15(18)8-9-16(14)19/h8-10,12-13,17,20H,2-7,11H2,1H3. The summed E-state index contributed by atoms with van der Waals surface area (Å²) in [4.78, 5) is 0. The molecule has 0 heterocycles. The first-order chi connectivity index (χ1) is 9.60. The molecule has 1 aromatic carbocycles. The number of benzene rings is 1. The van der Waals surface area contributed by atoms with Crippen molar-refractivity contribution in [3.8, 4) is 0 Å². The van der Waals surface area contributed by atoms with E-state index < -0.39 is 0 Å². The van der Waals surface area contributed by atoms with Gasteiger partial charge in [0.25, 0.3) is 0 Å². The summed E-state index contributed by atoms with van der Waals surface area (Å²) in [5.41, 5.74) is 0.961. The van der Waals surface area contributed by atoms with Gasteiger partial charge in [-0.3, -0.25) is 0 Å². The van der Waals surface area contributed by atoms with E-state index in [1.165, 1.54) is 25.7 Å². The van der Waals surface area contributed by atoms with Crippen LogP contribution in [-0.2, 0) is 6.42 Å². The van der Waals surface area contributed by atoms with Crippen molar-refractivity contribution in [2.24, 2.45) is 11.8 Å². The lowest BCUT2D eigenvalue weighted by molar-refractivity contribution is 0.0728. The van der Waals surface area contributed by atoms with E-state index in [0.29, 0.717) is 22.4 Å². The molecule has 1 unspecified atom stereocenters. The summed E-state index contributed by atoms with van der Waals surface area (Å²) in [6.45, 7) is 2.25. The third kappa shape index (κ3) is 4.38. The van der Waals surface area contributed by atoms with E-state index in [1.54, 1.807) is 6.07 Å². The van der Waals surface area contributed by atoms with Gasteiger partial charge in [0.15, 0.2) is 0 Å². The van der Waals surface area contributed by atoms with Crippen LogP contribution in [0.4, 0.5) is 0 Å². The number of aliphatic hydroxyl groups excluding tert-OH is 1. The Hall–Kier alpha value is -0.240. The molecule has 1 aliphatic rings. The summed E-state index contributed by atoms with van der Waals surface area (Å²) in [7, 11) is 0. The molecule has 1 N–H and O–H groups in total. The molecule has 0 bridgehead atoms. The van der Waals surface area contributed by atoms with E-state index in [0.717, 1.165) is 24.3 Å². The maximum absolute atomic E-state index is 10.5. The van der Waals surface area contributed by atoms with Gasteiger partial charge in [0, 0.05) is 16.5 Å². The van der Waals surface area contributed by atoms with Crippen molar-refractivity contribution < 1.29 is 5.11 Å². The van der Waals surface area contributed by atoms with Crippen molar-refractivity contribution in [2.75, 3.05) is 0 Å². The van der Waals surface area contributed by atoms with Crippen LogP contribution in [0.25, 0.3) is 0 Å². The molecular formula is C17H24Cl2O. The van der Waals surface area contributed by atoms with Crippen LogP contribution in [0.1, 0.15) is 51.0 Å². The fourth-order valence-corrected chi connectivity index (χ4v) is 3.75. The first-order valence-electron chi connectivity index (χ1n) is 7.72. The monoisotopic (exact) mass is 314 g/mol. The van der Waals surface area contributed by atoms with Crippen molar-refractivity contribution in [2.45, 2.75) is 58.0 Å². The second-order valence-corrected chi connectivity index (χ2v) is 6.92. The summed E-state index contributed by atoms with van der Waals surface area (Å²) in [5.74, 6) is 1.29. The van der Waals surface area contributed by atoms with Gasteiger partial charge in [-0.15, -0.1) is 0 Å². The Labute approximate surface area is 132 Å². The lowest BCUT2D eigenvalue weighted by atomic mass is 9.77. The Morgan fingerprint density at radius 2 is 1.90 bits per heavy atom. The topological polar surface area (TPSA) is 20.2 Å². The molecule has 1 aliphatic carbocycles. The molecule has 2 rings (SSSR count). The van der Waals surface area contributed by atoms with Crippen LogP contribution >= 0.6 is 23.2 Å². The van der Waals surface area contributed by atoms with E-state index in [9.17, 15) is 5.11 Å². The molecule has 1 saturated carbocycles. The predicted molar refractivity (Wildman–Crippen MR) is 86.5 cm³/mol. The van der Waals surface area contributed by atoms with Gasteiger partial charge in [-0.25, -0.2) is 0 Å². The normalized spacial score (nSPS) is 24.6. The number of hydrogen-bond acceptors (Lipinski definition) is 1. The van der Waals surface area contributed by atoms with Gasteiger partial charge in [0.2, 0.25) is 0 Å². The first-order valence-corrected chi connectivity index (χ1v) is 8.47. The summed E-state index contributed by atoms with van der Waals surface area (Å²) in [6.07, 6.45) is 7.74. The van der Waals surface area contributed by atoms with Crippen LogP contribution in [0.5, 0.6) is 0 Å². The molecule has 1 atom stereocenters. The zero-order valence-electron chi connectivity index (χ0n) is 12.1. The Bertz CT molecular complexity index is 425. The van der Waals surface area contributed by atoms with Gasteiger partial charge >= 0.3 is 0 Å². The molecule has 1 fully saturated rings. The molecular weight excluding hydrogens is 291 g/mol. The number of rotatable bonds is 5.